The molecule has 0 aliphatic carbocycles. The summed E-state index contributed by atoms with van der Waals surface area (Å²) in [5, 5.41) is 9.57. The number of nitrogens with zero attached hydrogens (tertiary/aromatic N) is 1. The van der Waals surface area contributed by atoms with Crippen molar-refractivity contribution in [3.63, 3.8) is 0 Å². The number of aliphatic hydroxyl groups excluding tert-OH is 1. The van der Waals surface area contributed by atoms with Crippen LogP contribution < -0.4 is 0 Å². The molecule has 8 nitrogen and oxygen atoms in total. The van der Waals surface area contributed by atoms with Gasteiger partial charge in [0.1, 0.15) is 0 Å². The third kappa shape index (κ3) is 39.3. The molecule has 2 unspecified atom stereocenters. The third-order valence-electron chi connectivity index (χ3n) is 11.3. The summed E-state index contributed by atoms with van der Waals surface area (Å²) in [5.74, 6) is 0.897. The molecule has 0 aromatic rings. The number of carbonyl (C=O) groups is 2. The molecular weight excluding hydrogens is 703 g/mol. The maximum absolute atomic E-state index is 12.3. The molecule has 0 saturated carbocycles. The van der Waals surface area contributed by atoms with E-state index in [1.54, 1.807) is 0 Å². The van der Waals surface area contributed by atoms with Crippen LogP contribution in [-0.4, -0.2) is 75.0 Å². The molecule has 0 amide bonds. The Kier molecular flexibility index (Phi) is 43.3. The molecular formula is C48H95NO7. The number of aliphatic hydroxyl groups is 1. The van der Waals surface area contributed by atoms with Crippen LogP contribution in [0.25, 0.3) is 0 Å². The van der Waals surface area contributed by atoms with Crippen LogP contribution in [0, 0.1) is 11.8 Å². The number of hydrogen-bond donors (Lipinski definition) is 1. The molecule has 0 saturated heterocycles. The van der Waals surface area contributed by atoms with Crippen molar-refractivity contribution in [3.05, 3.63) is 0 Å². The number of ether oxygens (including phenoxy) is 4. The van der Waals surface area contributed by atoms with Crippen LogP contribution in [0.1, 0.15) is 233 Å². The maximum Gasteiger partial charge on any atom is 0.508 e. The summed E-state index contributed by atoms with van der Waals surface area (Å²) in [6.45, 7) is 13.6. The summed E-state index contributed by atoms with van der Waals surface area (Å²) in [6, 6.07) is 0. The van der Waals surface area contributed by atoms with E-state index in [-0.39, 0.29) is 6.61 Å². The van der Waals surface area contributed by atoms with E-state index in [4.69, 9.17) is 18.9 Å². The second-order valence-corrected chi connectivity index (χ2v) is 16.8. The molecule has 0 aromatic heterocycles. The average molecular weight is 798 g/mol. The summed E-state index contributed by atoms with van der Waals surface area (Å²) >= 11 is 0. The predicted octanol–water partition coefficient (Wildman–Crippen LogP) is 14.4. The van der Waals surface area contributed by atoms with E-state index < -0.39 is 12.3 Å². The minimum Gasteiger partial charge on any atom is -0.434 e. The zero-order valence-electron chi connectivity index (χ0n) is 37.8. The molecule has 0 aliphatic rings. The Hall–Kier alpha value is -1.54. The quantitative estimate of drug-likeness (QED) is 0.0481. The lowest BCUT2D eigenvalue weighted by atomic mass is 9.95. The Balaban J connectivity index is 4.07. The van der Waals surface area contributed by atoms with Gasteiger partial charge in [0, 0.05) is 6.54 Å². The third-order valence-corrected chi connectivity index (χ3v) is 11.3. The predicted molar refractivity (Wildman–Crippen MR) is 236 cm³/mol. The normalized spacial score (nSPS) is 12.5. The first kappa shape index (κ1) is 54.5. The van der Waals surface area contributed by atoms with Crippen LogP contribution in [-0.2, 0) is 18.9 Å². The summed E-state index contributed by atoms with van der Waals surface area (Å²) in [6.07, 6.45) is 37.1. The topological polar surface area (TPSA) is 94.5 Å². The monoisotopic (exact) mass is 798 g/mol. The van der Waals surface area contributed by atoms with Crippen molar-refractivity contribution in [2.75, 3.05) is 52.7 Å². The van der Waals surface area contributed by atoms with Gasteiger partial charge in [-0.3, -0.25) is 0 Å². The van der Waals surface area contributed by atoms with Gasteiger partial charge in [0.25, 0.3) is 0 Å². The van der Waals surface area contributed by atoms with Crippen molar-refractivity contribution in [2.24, 2.45) is 11.8 Å². The van der Waals surface area contributed by atoms with Crippen LogP contribution in [0.4, 0.5) is 9.59 Å². The zero-order valence-corrected chi connectivity index (χ0v) is 37.8. The molecule has 0 heterocycles. The molecule has 0 bridgehead atoms. The molecule has 0 aromatic carbocycles. The van der Waals surface area contributed by atoms with Gasteiger partial charge in [0.2, 0.25) is 0 Å². The molecule has 0 radical (unpaired) electrons. The Morgan fingerprint density at radius 2 is 0.696 bits per heavy atom. The van der Waals surface area contributed by atoms with E-state index in [0.717, 1.165) is 90.1 Å². The van der Waals surface area contributed by atoms with Gasteiger partial charge in [-0.1, -0.05) is 182 Å². The first-order valence-corrected chi connectivity index (χ1v) is 24.4. The Morgan fingerprint density at radius 1 is 0.393 bits per heavy atom. The van der Waals surface area contributed by atoms with E-state index in [2.05, 4.69) is 32.6 Å². The number of carbonyl (C=O) groups excluding carboxylic acids is 2. The highest BCUT2D eigenvalue weighted by atomic mass is 16.7. The summed E-state index contributed by atoms with van der Waals surface area (Å²) in [4.78, 5) is 26.9. The second-order valence-electron chi connectivity index (χ2n) is 16.8. The van der Waals surface area contributed by atoms with Crippen molar-refractivity contribution >= 4 is 12.3 Å². The fourth-order valence-corrected chi connectivity index (χ4v) is 7.59. The van der Waals surface area contributed by atoms with Crippen molar-refractivity contribution in [1.29, 1.82) is 0 Å². The van der Waals surface area contributed by atoms with Gasteiger partial charge in [-0.25, -0.2) is 9.59 Å². The van der Waals surface area contributed by atoms with Gasteiger partial charge in [-0.2, -0.15) is 0 Å². The fraction of sp³-hybridized carbons (Fsp3) is 0.958. The van der Waals surface area contributed by atoms with Gasteiger partial charge in [0.15, 0.2) is 0 Å². The summed E-state index contributed by atoms with van der Waals surface area (Å²) in [7, 11) is 0. The van der Waals surface area contributed by atoms with Crippen molar-refractivity contribution < 1.29 is 33.6 Å². The number of rotatable bonds is 44. The zero-order chi connectivity index (χ0) is 41.0. The van der Waals surface area contributed by atoms with E-state index >= 15 is 0 Å². The molecule has 0 aliphatic heterocycles. The molecule has 2 atom stereocenters. The average Bonchev–Trinajstić information content (AvgIpc) is 3.20. The number of hydrogen-bond acceptors (Lipinski definition) is 8. The van der Waals surface area contributed by atoms with E-state index in [0.29, 0.717) is 44.8 Å². The molecule has 0 spiro atoms. The van der Waals surface area contributed by atoms with Crippen LogP contribution >= 0.6 is 0 Å². The van der Waals surface area contributed by atoms with Gasteiger partial charge in [0.05, 0.1) is 33.0 Å². The molecule has 0 fully saturated rings. The van der Waals surface area contributed by atoms with E-state index in [1.807, 2.05) is 0 Å². The Labute approximate surface area is 347 Å². The molecule has 1 N–H and O–H groups in total. The van der Waals surface area contributed by atoms with E-state index in [9.17, 15) is 14.7 Å². The van der Waals surface area contributed by atoms with Gasteiger partial charge >= 0.3 is 12.3 Å². The maximum atomic E-state index is 12.3. The van der Waals surface area contributed by atoms with Crippen molar-refractivity contribution in [1.82, 2.24) is 4.90 Å². The minimum atomic E-state index is -0.511. The smallest absolute Gasteiger partial charge is 0.434 e. The molecule has 56 heavy (non-hydrogen) atoms. The minimum absolute atomic E-state index is 0.170. The summed E-state index contributed by atoms with van der Waals surface area (Å²) in [5.41, 5.74) is 0. The Bertz CT molecular complexity index is 750. The lowest BCUT2D eigenvalue weighted by Crippen LogP contribution is -2.29. The molecule has 8 heteroatoms. The van der Waals surface area contributed by atoms with E-state index in [1.165, 1.54) is 128 Å². The number of unbranched alkanes of at least 4 members (excludes halogenated alkanes) is 22. The standard InChI is InChI=1S/C48H95NO7/c1-5-9-13-17-19-27-35-45(33-25-15-11-7-3)43-55-47(51)53-41-31-23-21-29-37-49(39-40-50)38-30-22-24-32-42-54-48(52)56-44-46(34-26-16-12-8-4)36-28-20-18-14-10-6-2/h45-46,50H,5-44H2,1-4H3. The highest BCUT2D eigenvalue weighted by Crippen LogP contribution is 2.21. The highest BCUT2D eigenvalue weighted by molar-refractivity contribution is 5.60. The Morgan fingerprint density at radius 3 is 1.05 bits per heavy atom. The lowest BCUT2D eigenvalue weighted by Gasteiger charge is -2.21. The van der Waals surface area contributed by atoms with Crippen LogP contribution in [0.3, 0.4) is 0 Å². The largest absolute Gasteiger partial charge is 0.508 e. The second kappa shape index (κ2) is 44.6. The molecule has 0 rings (SSSR count). The van der Waals surface area contributed by atoms with Crippen molar-refractivity contribution in [2.45, 2.75) is 233 Å². The van der Waals surface area contributed by atoms with Crippen LogP contribution in [0.15, 0.2) is 0 Å². The lowest BCUT2D eigenvalue weighted by molar-refractivity contribution is 0.0398. The van der Waals surface area contributed by atoms with Crippen LogP contribution in [0.2, 0.25) is 0 Å². The summed E-state index contributed by atoms with van der Waals surface area (Å²) < 4.78 is 21.9. The fourth-order valence-electron chi connectivity index (χ4n) is 7.59. The van der Waals surface area contributed by atoms with Gasteiger partial charge in [-0.05, 0) is 76.3 Å². The van der Waals surface area contributed by atoms with Gasteiger partial charge < -0.3 is 29.0 Å². The first-order chi connectivity index (χ1) is 27.5. The molecule has 334 valence electrons. The SMILES string of the molecule is CCCCCCCCC(CCCCCC)COC(=O)OCCCCCCN(CCO)CCCCCCOC(=O)OCC(CCCCCC)CCCCCCCC. The van der Waals surface area contributed by atoms with Gasteiger partial charge in [-0.15, -0.1) is 0 Å². The highest BCUT2D eigenvalue weighted by Gasteiger charge is 2.15. The van der Waals surface area contributed by atoms with Crippen molar-refractivity contribution in [3.8, 4) is 0 Å². The first-order valence-electron chi connectivity index (χ1n) is 24.4. The van der Waals surface area contributed by atoms with Crippen LogP contribution in [0.5, 0.6) is 0 Å².